The number of hydrogen-bond donors (Lipinski definition) is 1. The zero-order valence-corrected chi connectivity index (χ0v) is 17.0. The van der Waals surface area contributed by atoms with E-state index in [2.05, 4.69) is 31.2 Å². The van der Waals surface area contributed by atoms with Crippen LogP contribution in [0, 0.1) is 0 Å². The van der Waals surface area contributed by atoms with Crippen LogP contribution in [-0.4, -0.2) is 75.9 Å². The van der Waals surface area contributed by atoms with Crippen LogP contribution in [0.5, 0.6) is 0 Å². The Kier molecular flexibility index (Phi) is 5.64. The molecule has 0 saturated carbocycles. The molecule has 3 heterocycles. The summed E-state index contributed by atoms with van der Waals surface area (Å²) in [5.74, 6) is 0.0840. The van der Waals surface area contributed by atoms with Gasteiger partial charge in [0.15, 0.2) is 0 Å². The molecule has 1 aromatic rings. The van der Waals surface area contributed by atoms with Crippen molar-refractivity contribution in [1.82, 2.24) is 25.1 Å². The minimum Gasteiger partial charge on any atom is -0.338 e. The third kappa shape index (κ3) is 3.76. The summed E-state index contributed by atoms with van der Waals surface area (Å²) in [6.07, 6.45) is 4.38. The molecule has 0 aliphatic carbocycles. The molecule has 0 spiro atoms. The van der Waals surface area contributed by atoms with Crippen molar-refractivity contribution in [2.75, 3.05) is 37.6 Å². The molecule has 9 nitrogen and oxygen atoms in total. The average molecular weight is 439 g/mol. The molecule has 0 radical (unpaired) electrons. The van der Waals surface area contributed by atoms with Crippen LogP contribution < -0.4 is 10.2 Å². The summed E-state index contributed by atoms with van der Waals surface area (Å²) >= 11 is 3.31. The van der Waals surface area contributed by atoms with Gasteiger partial charge in [0.1, 0.15) is 12.1 Å². The van der Waals surface area contributed by atoms with Gasteiger partial charge in [0.05, 0.1) is 4.47 Å². The van der Waals surface area contributed by atoms with E-state index in [1.165, 1.54) is 0 Å². The lowest BCUT2D eigenvalue weighted by Gasteiger charge is -2.35. The second-order valence-corrected chi connectivity index (χ2v) is 7.60. The molecule has 0 bridgehead atoms. The van der Waals surface area contributed by atoms with Gasteiger partial charge in [-0.25, -0.2) is 14.8 Å². The molecule has 2 fully saturated rings. The molecule has 0 atom stereocenters. The lowest BCUT2D eigenvalue weighted by Crippen LogP contribution is -2.52. The molecule has 27 heavy (non-hydrogen) atoms. The largest absolute Gasteiger partial charge is 0.338 e. The molecule has 2 aliphatic rings. The molecule has 4 amide bonds. The van der Waals surface area contributed by atoms with Crippen molar-refractivity contribution in [3.63, 3.8) is 0 Å². The molecule has 146 valence electrons. The maximum absolute atomic E-state index is 12.6. The van der Waals surface area contributed by atoms with Crippen LogP contribution in [0.3, 0.4) is 0 Å². The minimum atomic E-state index is -0.880. The van der Waals surface area contributed by atoms with E-state index in [0.717, 1.165) is 9.37 Å². The molecule has 1 aromatic heterocycles. The Balaban J connectivity index is 1.58. The summed E-state index contributed by atoms with van der Waals surface area (Å²) in [7, 11) is 0. The van der Waals surface area contributed by atoms with Gasteiger partial charge < -0.3 is 15.1 Å². The van der Waals surface area contributed by atoms with Crippen molar-refractivity contribution in [3.8, 4) is 0 Å². The van der Waals surface area contributed by atoms with Crippen LogP contribution >= 0.6 is 15.9 Å². The fraction of sp³-hybridized carbons (Fsp3) is 0.588. The van der Waals surface area contributed by atoms with Gasteiger partial charge in [0.2, 0.25) is 11.9 Å². The maximum Gasteiger partial charge on any atom is 0.325 e. The molecule has 3 rings (SSSR count). The van der Waals surface area contributed by atoms with Crippen LogP contribution in [-0.2, 0) is 9.59 Å². The lowest BCUT2D eigenvalue weighted by atomic mass is 9.93. The Morgan fingerprint density at radius 2 is 1.74 bits per heavy atom. The Hall–Kier alpha value is -2.23. The third-order valence-electron chi connectivity index (χ3n) is 5.27. The number of carbonyl (C=O) groups is 3. The zero-order chi connectivity index (χ0) is 19.6. The SMILES string of the molecule is CCC1(CC)NC(=O)N(CC(=O)N2CCN(c3ncc(Br)cn3)CC2)C1=O. The zero-order valence-electron chi connectivity index (χ0n) is 15.4. The van der Waals surface area contributed by atoms with Crippen molar-refractivity contribution in [1.29, 1.82) is 0 Å². The van der Waals surface area contributed by atoms with E-state index in [0.29, 0.717) is 45.0 Å². The summed E-state index contributed by atoms with van der Waals surface area (Å²) < 4.78 is 0.809. The first-order valence-electron chi connectivity index (χ1n) is 9.04. The fourth-order valence-electron chi connectivity index (χ4n) is 3.41. The molecule has 0 aromatic carbocycles. The summed E-state index contributed by atoms with van der Waals surface area (Å²) in [6.45, 7) is 5.68. The Bertz CT molecular complexity index is 729. The number of anilines is 1. The Labute approximate surface area is 166 Å². The number of nitrogens with one attached hydrogen (secondary N) is 1. The van der Waals surface area contributed by atoms with Crippen LogP contribution in [0.4, 0.5) is 10.7 Å². The fourth-order valence-corrected chi connectivity index (χ4v) is 3.61. The van der Waals surface area contributed by atoms with Crippen LogP contribution in [0.25, 0.3) is 0 Å². The van der Waals surface area contributed by atoms with Crippen LogP contribution in [0.15, 0.2) is 16.9 Å². The number of nitrogens with zero attached hydrogens (tertiary/aromatic N) is 5. The van der Waals surface area contributed by atoms with Crippen molar-refractivity contribution >= 4 is 39.7 Å². The molecular formula is C17H23BrN6O3. The van der Waals surface area contributed by atoms with E-state index >= 15 is 0 Å². The number of hydrogen-bond acceptors (Lipinski definition) is 6. The number of carbonyl (C=O) groups excluding carboxylic acids is 3. The standard InChI is InChI=1S/C17H23BrN6O3/c1-3-17(4-2)14(26)24(16(27)21-17)11-13(25)22-5-7-23(8-6-22)15-19-9-12(18)10-20-15/h9-10H,3-8,11H2,1-2H3,(H,21,27). The van der Waals surface area contributed by atoms with Gasteiger partial charge in [-0.1, -0.05) is 13.8 Å². The molecule has 2 aliphatic heterocycles. The number of halogens is 1. The Morgan fingerprint density at radius 3 is 2.26 bits per heavy atom. The summed E-state index contributed by atoms with van der Waals surface area (Å²) in [4.78, 5) is 50.7. The highest BCUT2D eigenvalue weighted by molar-refractivity contribution is 9.10. The number of urea groups is 1. The predicted octanol–water partition coefficient (Wildman–Crippen LogP) is 0.998. The number of rotatable bonds is 5. The highest BCUT2D eigenvalue weighted by Crippen LogP contribution is 2.25. The predicted molar refractivity (Wildman–Crippen MR) is 102 cm³/mol. The van der Waals surface area contributed by atoms with Crippen molar-refractivity contribution in [3.05, 3.63) is 16.9 Å². The highest BCUT2D eigenvalue weighted by Gasteiger charge is 2.49. The number of piperazine rings is 1. The van der Waals surface area contributed by atoms with Gasteiger partial charge in [0.25, 0.3) is 5.91 Å². The van der Waals surface area contributed by atoms with E-state index in [-0.39, 0.29) is 18.4 Å². The van der Waals surface area contributed by atoms with Gasteiger partial charge in [-0.3, -0.25) is 14.5 Å². The van der Waals surface area contributed by atoms with Crippen molar-refractivity contribution in [2.24, 2.45) is 0 Å². The number of imide groups is 1. The van der Waals surface area contributed by atoms with Crippen LogP contribution in [0.2, 0.25) is 0 Å². The lowest BCUT2D eigenvalue weighted by molar-refractivity contribution is -0.139. The molecule has 0 unspecified atom stereocenters. The monoisotopic (exact) mass is 438 g/mol. The summed E-state index contributed by atoms with van der Waals surface area (Å²) in [5, 5.41) is 2.75. The van der Waals surface area contributed by atoms with Crippen molar-refractivity contribution < 1.29 is 14.4 Å². The van der Waals surface area contributed by atoms with E-state index in [4.69, 9.17) is 0 Å². The number of amides is 4. The molecule has 1 N–H and O–H groups in total. The van der Waals surface area contributed by atoms with E-state index in [9.17, 15) is 14.4 Å². The van der Waals surface area contributed by atoms with Gasteiger partial charge in [-0.05, 0) is 28.8 Å². The van der Waals surface area contributed by atoms with E-state index < -0.39 is 11.6 Å². The van der Waals surface area contributed by atoms with Gasteiger partial charge in [0, 0.05) is 38.6 Å². The smallest absolute Gasteiger partial charge is 0.325 e. The van der Waals surface area contributed by atoms with E-state index in [1.54, 1.807) is 17.3 Å². The summed E-state index contributed by atoms with van der Waals surface area (Å²) in [5.41, 5.74) is -0.880. The topological polar surface area (TPSA) is 98.7 Å². The minimum absolute atomic E-state index is 0.221. The molecular weight excluding hydrogens is 416 g/mol. The first-order valence-corrected chi connectivity index (χ1v) is 9.84. The van der Waals surface area contributed by atoms with Crippen molar-refractivity contribution in [2.45, 2.75) is 32.2 Å². The third-order valence-corrected chi connectivity index (χ3v) is 5.68. The molecule has 2 saturated heterocycles. The summed E-state index contributed by atoms with van der Waals surface area (Å²) in [6, 6.07) is -0.487. The second kappa shape index (κ2) is 7.79. The molecule has 10 heteroatoms. The average Bonchev–Trinajstić information content (AvgIpc) is 2.93. The van der Waals surface area contributed by atoms with Gasteiger partial charge in [-0.15, -0.1) is 0 Å². The quantitative estimate of drug-likeness (QED) is 0.688. The maximum atomic E-state index is 12.6. The van der Waals surface area contributed by atoms with Gasteiger partial charge >= 0.3 is 6.03 Å². The first kappa shape index (κ1) is 19.5. The van der Waals surface area contributed by atoms with Gasteiger partial charge in [-0.2, -0.15) is 0 Å². The highest BCUT2D eigenvalue weighted by atomic mass is 79.9. The Morgan fingerprint density at radius 1 is 1.15 bits per heavy atom. The normalized spacial score (nSPS) is 19.4. The van der Waals surface area contributed by atoms with E-state index in [1.807, 2.05) is 18.7 Å². The van der Waals surface area contributed by atoms with Crippen LogP contribution in [0.1, 0.15) is 26.7 Å². The second-order valence-electron chi connectivity index (χ2n) is 6.68. The number of aromatic nitrogens is 2. The first-order chi connectivity index (χ1) is 12.9.